The molecule has 1 aromatic heterocycles. The summed E-state index contributed by atoms with van der Waals surface area (Å²) in [4.78, 5) is 18.8. The van der Waals surface area contributed by atoms with Crippen LogP contribution in [0.4, 0.5) is 5.13 Å². The lowest BCUT2D eigenvalue weighted by atomic mass is 10.3. The summed E-state index contributed by atoms with van der Waals surface area (Å²) in [5.41, 5.74) is 0. The molecule has 1 aliphatic rings. The van der Waals surface area contributed by atoms with Crippen LogP contribution < -0.4 is 4.90 Å². The van der Waals surface area contributed by atoms with Crippen molar-refractivity contribution in [3.05, 3.63) is 10.5 Å². The minimum absolute atomic E-state index is 0.118. The van der Waals surface area contributed by atoms with E-state index in [-0.39, 0.29) is 6.54 Å². The van der Waals surface area contributed by atoms with Crippen LogP contribution in [-0.2, 0) is 4.79 Å². The molecule has 0 aliphatic carbocycles. The van der Waals surface area contributed by atoms with Gasteiger partial charge < -0.3 is 10.0 Å². The number of halogens is 1. The fraction of sp³-hybridized carbons (Fsp3) is 0.556. The Hall–Kier alpha value is -0.850. The highest BCUT2D eigenvalue weighted by Crippen LogP contribution is 2.23. The second kappa shape index (κ2) is 4.99. The number of piperazine rings is 1. The summed E-state index contributed by atoms with van der Waals surface area (Å²) >= 11 is 7.28. The smallest absolute Gasteiger partial charge is 0.317 e. The summed E-state index contributed by atoms with van der Waals surface area (Å²) in [6, 6.07) is 0. The first kappa shape index (κ1) is 11.6. The van der Waals surface area contributed by atoms with Crippen molar-refractivity contribution in [2.45, 2.75) is 0 Å². The first-order valence-corrected chi connectivity index (χ1v) is 6.21. The molecule has 1 aromatic rings. The maximum atomic E-state index is 10.5. The summed E-state index contributed by atoms with van der Waals surface area (Å²) in [6.45, 7) is 3.23. The molecule has 1 aliphatic heterocycles. The molecule has 1 N–H and O–H groups in total. The van der Waals surface area contributed by atoms with Gasteiger partial charge in [0.05, 0.1) is 6.54 Å². The third kappa shape index (κ3) is 2.84. The first-order chi connectivity index (χ1) is 7.65. The Morgan fingerprint density at radius 1 is 1.50 bits per heavy atom. The molecule has 16 heavy (non-hydrogen) atoms. The Balaban J connectivity index is 1.87. The zero-order chi connectivity index (χ0) is 11.5. The van der Waals surface area contributed by atoms with Crippen LogP contribution in [0.25, 0.3) is 0 Å². The van der Waals surface area contributed by atoms with Crippen LogP contribution in [0.15, 0.2) is 5.38 Å². The molecule has 0 spiro atoms. The van der Waals surface area contributed by atoms with Crippen LogP contribution in [0.1, 0.15) is 0 Å². The summed E-state index contributed by atoms with van der Waals surface area (Å²) in [7, 11) is 0. The molecule has 0 unspecified atom stereocenters. The summed E-state index contributed by atoms with van der Waals surface area (Å²) in [6.07, 6.45) is 0. The van der Waals surface area contributed by atoms with Gasteiger partial charge in [-0.05, 0) is 0 Å². The average molecular weight is 262 g/mol. The van der Waals surface area contributed by atoms with Crippen molar-refractivity contribution in [2.24, 2.45) is 0 Å². The number of hydrogen-bond acceptors (Lipinski definition) is 5. The number of carboxylic acid groups (broad SMARTS) is 1. The number of thiazole rings is 1. The van der Waals surface area contributed by atoms with Gasteiger partial charge in [-0.2, -0.15) is 0 Å². The Bertz CT molecular complexity index is 377. The van der Waals surface area contributed by atoms with Gasteiger partial charge >= 0.3 is 5.97 Å². The molecule has 1 fully saturated rings. The van der Waals surface area contributed by atoms with E-state index < -0.39 is 5.97 Å². The Kier molecular flexibility index (Phi) is 3.63. The maximum absolute atomic E-state index is 10.5. The molecule has 7 heteroatoms. The highest BCUT2D eigenvalue weighted by Gasteiger charge is 2.20. The molecule has 0 bridgehead atoms. The van der Waals surface area contributed by atoms with Crippen molar-refractivity contribution in [1.29, 1.82) is 0 Å². The number of nitrogens with zero attached hydrogens (tertiary/aromatic N) is 3. The van der Waals surface area contributed by atoms with E-state index in [4.69, 9.17) is 16.7 Å². The normalized spacial score (nSPS) is 17.7. The van der Waals surface area contributed by atoms with Crippen LogP contribution in [0.3, 0.4) is 0 Å². The molecule has 88 valence electrons. The molecule has 0 amide bonds. The van der Waals surface area contributed by atoms with Crippen molar-refractivity contribution in [2.75, 3.05) is 37.6 Å². The van der Waals surface area contributed by atoms with Crippen LogP contribution in [0, 0.1) is 0 Å². The van der Waals surface area contributed by atoms with E-state index in [0.717, 1.165) is 31.3 Å². The molecule has 5 nitrogen and oxygen atoms in total. The standard InChI is InChI=1S/C9H12ClN3O2S/c10-7-6-16-9(11-7)13-3-1-12(2-4-13)5-8(14)15/h6H,1-5H2,(H,14,15). The molecular weight excluding hydrogens is 250 g/mol. The minimum Gasteiger partial charge on any atom is -0.480 e. The minimum atomic E-state index is -0.772. The number of carboxylic acids is 1. The molecule has 0 radical (unpaired) electrons. The number of carbonyl (C=O) groups is 1. The molecule has 0 aromatic carbocycles. The SMILES string of the molecule is O=C(O)CN1CCN(c2nc(Cl)cs2)CC1. The van der Waals surface area contributed by atoms with Crippen LogP contribution in [0.5, 0.6) is 0 Å². The second-order valence-electron chi connectivity index (χ2n) is 3.61. The Morgan fingerprint density at radius 3 is 2.69 bits per heavy atom. The van der Waals surface area contributed by atoms with Gasteiger partial charge in [0.15, 0.2) is 5.13 Å². The number of hydrogen-bond donors (Lipinski definition) is 1. The Labute approximate surface area is 102 Å². The van der Waals surface area contributed by atoms with E-state index in [1.807, 2.05) is 4.90 Å². The summed E-state index contributed by atoms with van der Waals surface area (Å²) in [5.74, 6) is -0.772. The van der Waals surface area contributed by atoms with Crippen LogP contribution in [-0.4, -0.2) is 53.7 Å². The molecule has 2 rings (SSSR count). The zero-order valence-corrected chi connectivity index (χ0v) is 10.2. The number of rotatable bonds is 3. The van der Waals surface area contributed by atoms with Crippen molar-refractivity contribution >= 4 is 34.0 Å². The van der Waals surface area contributed by atoms with E-state index >= 15 is 0 Å². The monoisotopic (exact) mass is 261 g/mol. The topological polar surface area (TPSA) is 56.7 Å². The summed E-state index contributed by atoms with van der Waals surface area (Å²) < 4.78 is 0. The van der Waals surface area contributed by atoms with Crippen molar-refractivity contribution in [3.63, 3.8) is 0 Å². The van der Waals surface area contributed by atoms with Gasteiger partial charge in [0.2, 0.25) is 0 Å². The number of anilines is 1. The third-order valence-corrected chi connectivity index (χ3v) is 3.69. The van der Waals surface area contributed by atoms with E-state index in [1.165, 1.54) is 11.3 Å². The van der Waals surface area contributed by atoms with Crippen molar-refractivity contribution in [3.8, 4) is 0 Å². The van der Waals surface area contributed by atoms with Crippen LogP contribution in [0.2, 0.25) is 5.15 Å². The lowest BCUT2D eigenvalue weighted by Gasteiger charge is -2.33. The quantitative estimate of drug-likeness (QED) is 0.880. The second-order valence-corrected chi connectivity index (χ2v) is 4.83. The maximum Gasteiger partial charge on any atom is 0.317 e. The van der Waals surface area contributed by atoms with Gasteiger partial charge in [-0.3, -0.25) is 9.69 Å². The van der Waals surface area contributed by atoms with Gasteiger partial charge in [0.25, 0.3) is 0 Å². The first-order valence-electron chi connectivity index (χ1n) is 4.95. The zero-order valence-electron chi connectivity index (χ0n) is 8.60. The Morgan fingerprint density at radius 2 is 2.19 bits per heavy atom. The predicted molar refractivity (Wildman–Crippen MR) is 63.4 cm³/mol. The average Bonchev–Trinajstić information content (AvgIpc) is 2.65. The molecular formula is C9H12ClN3O2S. The largest absolute Gasteiger partial charge is 0.480 e. The molecule has 0 atom stereocenters. The van der Waals surface area contributed by atoms with Gasteiger partial charge in [-0.25, -0.2) is 4.98 Å². The van der Waals surface area contributed by atoms with E-state index in [2.05, 4.69) is 9.88 Å². The summed E-state index contributed by atoms with van der Waals surface area (Å²) in [5, 5.41) is 11.9. The van der Waals surface area contributed by atoms with Gasteiger partial charge in [0.1, 0.15) is 5.15 Å². The molecule has 0 saturated carbocycles. The lowest BCUT2D eigenvalue weighted by molar-refractivity contribution is -0.138. The van der Waals surface area contributed by atoms with Crippen molar-refractivity contribution in [1.82, 2.24) is 9.88 Å². The van der Waals surface area contributed by atoms with Crippen LogP contribution >= 0.6 is 22.9 Å². The fourth-order valence-electron chi connectivity index (χ4n) is 1.68. The third-order valence-electron chi connectivity index (χ3n) is 2.47. The predicted octanol–water partition coefficient (Wildman–Crippen LogP) is 1.00. The van der Waals surface area contributed by atoms with Gasteiger partial charge in [-0.1, -0.05) is 11.6 Å². The van der Waals surface area contributed by atoms with Gasteiger partial charge in [0, 0.05) is 31.6 Å². The highest BCUT2D eigenvalue weighted by atomic mass is 35.5. The van der Waals surface area contributed by atoms with E-state index in [9.17, 15) is 4.79 Å². The fourth-order valence-corrected chi connectivity index (χ4v) is 2.68. The van der Waals surface area contributed by atoms with E-state index in [1.54, 1.807) is 5.38 Å². The molecule has 2 heterocycles. The van der Waals surface area contributed by atoms with E-state index in [0.29, 0.717) is 5.15 Å². The number of aromatic nitrogens is 1. The van der Waals surface area contributed by atoms with Gasteiger partial charge in [-0.15, -0.1) is 11.3 Å². The van der Waals surface area contributed by atoms with Crippen molar-refractivity contribution < 1.29 is 9.90 Å². The highest BCUT2D eigenvalue weighted by molar-refractivity contribution is 7.14. The molecule has 1 saturated heterocycles. The number of aliphatic carboxylic acids is 1. The lowest BCUT2D eigenvalue weighted by Crippen LogP contribution is -2.47.